The largest absolute Gasteiger partial charge is 0.507 e. The summed E-state index contributed by atoms with van der Waals surface area (Å²) in [5.74, 6) is -1.06. The molecule has 0 saturated heterocycles. The molecular formula is C17H17ClN2O4. The first-order valence-corrected chi connectivity index (χ1v) is 7.61. The number of halogens is 1. The molecule has 0 heterocycles. The van der Waals surface area contributed by atoms with Crippen molar-refractivity contribution in [1.82, 2.24) is 10.9 Å². The van der Waals surface area contributed by atoms with E-state index in [2.05, 4.69) is 10.9 Å². The van der Waals surface area contributed by atoms with Gasteiger partial charge in [0.2, 0.25) is 0 Å². The Balaban J connectivity index is 2.11. The molecule has 2 aromatic rings. The number of rotatable bonds is 4. The van der Waals surface area contributed by atoms with Gasteiger partial charge in [0.15, 0.2) is 0 Å². The van der Waals surface area contributed by atoms with Gasteiger partial charge in [-0.05, 0) is 44.2 Å². The highest BCUT2D eigenvalue weighted by atomic mass is 35.5. The Bertz CT molecular complexity index is 762. The monoisotopic (exact) mass is 348 g/mol. The van der Waals surface area contributed by atoms with Crippen LogP contribution in [0, 0.1) is 0 Å². The second kappa shape index (κ2) is 7.70. The standard InChI is InChI=1S/C17H17ClN2O4/c1-10(2)24-15-8-7-11(18)9-13(15)17(23)20-19-16(22)12-5-3-4-6-14(12)21/h3-10,21H,1-2H3,(H,19,22)(H,20,23). The molecule has 0 fully saturated rings. The predicted molar refractivity (Wildman–Crippen MR) is 90.3 cm³/mol. The fourth-order valence-electron chi connectivity index (χ4n) is 1.95. The van der Waals surface area contributed by atoms with Gasteiger partial charge in [-0.3, -0.25) is 20.4 Å². The van der Waals surface area contributed by atoms with Crippen LogP contribution >= 0.6 is 11.6 Å². The van der Waals surface area contributed by atoms with E-state index in [0.717, 1.165) is 0 Å². The molecule has 3 N–H and O–H groups in total. The van der Waals surface area contributed by atoms with Gasteiger partial charge in [0, 0.05) is 5.02 Å². The molecule has 126 valence electrons. The maximum Gasteiger partial charge on any atom is 0.273 e. The summed E-state index contributed by atoms with van der Waals surface area (Å²) >= 11 is 5.92. The summed E-state index contributed by atoms with van der Waals surface area (Å²) in [6.07, 6.45) is -0.131. The molecule has 6 nitrogen and oxygen atoms in total. The van der Waals surface area contributed by atoms with Gasteiger partial charge in [0.1, 0.15) is 11.5 Å². The minimum Gasteiger partial charge on any atom is -0.507 e. The van der Waals surface area contributed by atoms with Crippen molar-refractivity contribution >= 4 is 23.4 Å². The van der Waals surface area contributed by atoms with Crippen molar-refractivity contribution in [2.24, 2.45) is 0 Å². The van der Waals surface area contributed by atoms with E-state index in [4.69, 9.17) is 16.3 Å². The topological polar surface area (TPSA) is 87.7 Å². The van der Waals surface area contributed by atoms with Gasteiger partial charge in [-0.2, -0.15) is 0 Å². The highest BCUT2D eigenvalue weighted by molar-refractivity contribution is 6.31. The van der Waals surface area contributed by atoms with E-state index >= 15 is 0 Å². The summed E-state index contributed by atoms with van der Waals surface area (Å²) in [6, 6.07) is 10.6. The SMILES string of the molecule is CC(C)Oc1ccc(Cl)cc1C(=O)NNC(=O)c1ccccc1O. The summed E-state index contributed by atoms with van der Waals surface area (Å²) in [5, 5.41) is 10.00. The Morgan fingerprint density at radius 1 is 1.04 bits per heavy atom. The van der Waals surface area contributed by atoms with Crippen molar-refractivity contribution in [3.05, 3.63) is 58.6 Å². The summed E-state index contributed by atoms with van der Waals surface area (Å²) < 4.78 is 5.56. The van der Waals surface area contributed by atoms with E-state index < -0.39 is 11.8 Å². The summed E-state index contributed by atoms with van der Waals surface area (Å²) in [7, 11) is 0. The lowest BCUT2D eigenvalue weighted by Gasteiger charge is -2.15. The zero-order valence-electron chi connectivity index (χ0n) is 13.2. The van der Waals surface area contributed by atoms with E-state index in [1.54, 1.807) is 24.3 Å². The number of phenolic OH excluding ortho intramolecular Hbond substituents is 1. The fraction of sp³-hybridized carbons (Fsp3) is 0.176. The van der Waals surface area contributed by atoms with E-state index in [9.17, 15) is 14.7 Å². The Hall–Kier alpha value is -2.73. The molecule has 0 bridgehead atoms. The first-order valence-electron chi connectivity index (χ1n) is 7.23. The minimum absolute atomic E-state index is 0.0440. The van der Waals surface area contributed by atoms with E-state index in [1.165, 1.54) is 18.2 Å². The number of hydrogen-bond acceptors (Lipinski definition) is 4. The van der Waals surface area contributed by atoms with Gasteiger partial charge in [0.25, 0.3) is 11.8 Å². The van der Waals surface area contributed by atoms with Crippen LogP contribution in [0.15, 0.2) is 42.5 Å². The van der Waals surface area contributed by atoms with Crippen molar-refractivity contribution in [2.45, 2.75) is 20.0 Å². The van der Waals surface area contributed by atoms with Crippen molar-refractivity contribution in [1.29, 1.82) is 0 Å². The number of aromatic hydroxyl groups is 1. The number of carbonyl (C=O) groups is 2. The van der Waals surface area contributed by atoms with Crippen molar-refractivity contribution < 1.29 is 19.4 Å². The Morgan fingerprint density at radius 2 is 1.67 bits per heavy atom. The second-order valence-electron chi connectivity index (χ2n) is 5.23. The highest BCUT2D eigenvalue weighted by Gasteiger charge is 2.16. The summed E-state index contributed by atoms with van der Waals surface area (Å²) in [4.78, 5) is 24.3. The number of phenols is 1. The Kier molecular flexibility index (Phi) is 5.65. The summed E-state index contributed by atoms with van der Waals surface area (Å²) in [5.41, 5.74) is 4.75. The van der Waals surface area contributed by atoms with Crippen LogP contribution in [0.25, 0.3) is 0 Å². The fourth-order valence-corrected chi connectivity index (χ4v) is 2.12. The molecule has 0 radical (unpaired) electrons. The van der Waals surface area contributed by atoms with Crippen LogP contribution in [0.1, 0.15) is 34.6 Å². The molecule has 2 amide bonds. The van der Waals surface area contributed by atoms with Crippen LogP contribution in [0.2, 0.25) is 5.02 Å². The van der Waals surface area contributed by atoms with Gasteiger partial charge in [-0.15, -0.1) is 0 Å². The lowest BCUT2D eigenvalue weighted by Crippen LogP contribution is -2.41. The van der Waals surface area contributed by atoms with E-state index in [0.29, 0.717) is 10.8 Å². The van der Waals surface area contributed by atoms with Gasteiger partial charge < -0.3 is 9.84 Å². The van der Waals surface area contributed by atoms with Gasteiger partial charge in [0.05, 0.1) is 17.2 Å². The zero-order chi connectivity index (χ0) is 17.7. The molecule has 7 heteroatoms. The number of carbonyl (C=O) groups excluding carboxylic acids is 2. The minimum atomic E-state index is -0.644. The van der Waals surface area contributed by atoms with Crippen molar-refractivity contribution in [2.75, 3.05) is 0 Å². The number of nitrogens with one attached hydrogen (secondary N) is 2. The lowest BCUT2D eigenvalue weighted by molar-refractivity contribution is 0.0841. The van der Waals surface area contributed by atoms with Crippen LogP contribution in [-0.2, 0) is 0 Å². The molecule has 2 aromatic carbocycles. The Labute approximate surface area is 144 Å². The zero-order valence-corrected chi connectivity index (χ0v) is 13.9. The molecule has 0 spiro atoms. The van der Waals surface area contributed by atoms with Gasteiger partial charge in [-0.1, -0.05) is 23.7 Å². The normalized spacial score (nSPS) is 10.3. The third kappa shape index (κ3) is 4.39. The maximum absolute atomic E-state index is 12.3. The molecule has 24 heavy (non-hydrogen) atoms. The van der Waals surface area contributed by atoms with Crippen LogP contribution in [0.3, 0.4) is 0 Å². The number of hydrogen-bond donors (Lipinski definition) is 3. The summed E-state index contributed by atoms with van der Waals surface area (Å²) in [6.45, 7) is 3.66. The average Bonchev–Trinajstić information content (AvgIpc) is 2.54. The first-order chi connectivity index (χ1) is 11.4. The molecule has 0 aliphatic heterocycles. The number of hydrazine groups is 1. The first kappa shape index (κ1) is 17.6. The van der Waals surface area contributed by atoms with Crippen LogP contribution in [-0.4, -0.2) is 23.0 Å². The van der Waals surface area contributed by atoms with Gasteiger partial charge >= 0.3 is 0 Å². The highest BCUT2D eigenvalue weighted by Crippen LogP contribution is 2.24. The van der Waals surface area contributed by atoms with E-state index in [1.807, 2.05) is 13.8 Å². The molecular weight excluding hydrogens is 332 g/mol. The third-order valence-electron chi connectivity index (χ3n) is 2.99. The maximum atomic E-state index is 12.3. The molecule has 0 atom stereocenters. The number of ether oxygens (including phenoxy) is 1. The molecule has 0 aromatic heterocycles. The van der Waals surface area contributed by atoms with Crippen LogP contribution in [0.5, 0.6) is 11.5 Å². The quantitative estimate of drug-likeness (QED) is 0.741. The van der Waals surface area contributed by atoms with Crippen LogP contribution < -0.4 is 15.6 Å². The van der Waals surface area contributed by atoms with E-state index in [-0.39, 0.29) is 23.0 Å². The van der Waals surface area contributed by atoms with Crippen molar-refractivity contribution in [3.63, 3.8) is 0 Å². The lowest BCUT2D eigenvalue weighted by atomic mass is 10.2. The Morgan fingerprint density at radius 3 is 2.29 bits per heavy atom. The molecule has 2 rings (SSSR count). The molecule has 0 aliphatic rings. The number of amides is 2. The second-order valence-corrected chi connectivity index (χ2v) is 5.67. The van der Waals surface area contributed by atoms with Gasteiger partial charge in [-0.25, -0.2) is 0 Å². The van der Waals surface area contributed by atoms with Crippen LogP contribution in [0.4, 0.5) is 0 Å². The predicted octanol–water partition coefficient (Wildman–Crippen LogP) is 2.91. The number of para-hydroxylation sites is 1. The average molecular weight is 349 g/mol. The number of benzene rings is 2. The third-order valence-corrected chi connectivity index (χ3v) is 3.22. The molecule has 0 aliphatic carbocycles. The smallest absolute Gasteiger partial charge is 0.273 e. The molecule has 0 saturated carbocycles. The van der Waals surface area contributed by atoms with Crippen molar-refractivity contribution in [3.8, 4) is 11.5 Å². The molecule has 0 unspecified atom stereocenters.